The Bertz CT molecular complexity index is 1050. The smallest absolute Gasteiger partial charge is 0.337 e. The van der Waals surface area contributed by atoms with E-state index in [0.717, 1.165) is 37.3 Å². The van der Waals surface area contributed by atoms with Crippen LogP contribution >= 0.6 is 0 Å². The van der Waals surface area contributed by atoms with E-state index >= 15 is 0 Å². The number of amides is 1. The minimum absolute atomic E-state index is 0.121. The number of nitro groups is 1. The summed E-state index contributed by atoms with van der Waals surface area (Å²) in [7, 11) is 1.36. The number of nitrogens with zero attached hydrogens (tertiary/aromatic N) is 4. The Kier molecular flexibility index (Phi) is 6.48. The van der Waals surface area contributed by atoms with E-state index in [4.69, 9.17) is 4.74 Å². The highest BCUT2D eigenvalue weighted by atomic mass is 16.6. The first-order valence-corrected chi connectivity index (χ1v) is 11.2. The molecule has 9 heteroatoms. The summed E-state index contributed by atoms with van der Waals surface area (Å²) in [6.45, 7) is 5.57. The summed E-state index contributed by atoms with van der Waals surface area (Å²) >= 11 is 0. The molecule has 2 aromatic carbocycles. The van der Waals surface area contributed by atoms with Crippen molar-refractivity contribution in [2.24, 2.45) is 0 Å². The molecule has 2 saturated heterocycles. The number of ether oxygens (including phenoxy) is 1. The fourth-order valence-corrected chi connectivity index (χ4v) is 4.63. The number of anilines is 2. The molecule has 0 saturated carbocycles. The van der Waals surface area contributed by atoms with Crippen LogP contribution in [0.3, 0.4) is 0 Å². The van der Waals surface area contributed by atoms with Gasteiger partial charge in [0.25, 0.3) is 11.6 Å². The van der Waals surface area contributed by atoms with Crippen molar-refractivity contribution < 1.29 is 19.2 Å². The second kappa shape index (κ2) is 9.48. The van der Waals surface area contributed by atoms with Gasteiger partial charge in [-0.05, 0) is 56.2 Å². The Morgan fingerprint density at radius 2 is 1.67 bits per heavy atom. The number of likely N-dealkylation sites (tertiary alicyclic amines) is 1. The number of rotatable bonds is 5. The van der Waals surface area contributed by atoms with Gasteiger partial charge in [0.15, 0.2) is 0 Å². The summed E-state index contributed by atoms with van der Waals surface area (Å²) in [4.78, 5) is 41.9. The van der Waals surface area contributed by atoms with Gasteiger partial charge in [0.2, 0.25) is 0 Å². The zero-order valence-corrected chi connectivity index (χ0v) is 18.9. The van der Waals surface area contributed by atoms with Crippen LogP contribution in [0.5, 0.6) is 0 Å². The third-order valence-corrected chi connectivity index (χ3v) is 6.41. The van der Waals surface area contributed by atoms with E-state index in [-0.39, 0.29) is 29.2 Å². The molecule has 2 aliphatic rings. The van der Waals surface area contributed by atoms with Crippen molar-refractivity contribution in [3.05, 3.63) is 63.7 Å². The first-order valence-electron chi connectivity index (χ1n) is 11.2. The van der Waals surface area contributed by atoms with Crippen LogP contribution in [0.25, 0.3) is 0 Å². The Balaban J connectivity index is 1.52. The van der Waals surface area contributed by atoms with Gasteiger partial charge in [-0.1, -0.05) is 0 Å². The van der Waals surface area contributed by atoms with E-state index in [1.54, 1.807) is 29.2 Å². The van der Waals surface area contributed by atoms with Crippen LogP contribution in [0.4, 0.5) is 17.1 Å². The lowest BCUT2D eigenvalue weighted by atomic mass is 10.1. The maximum atomic E-state index is 13.0. The summed E-state index contributed by atoms with van der Waals surface area (Å²) < 4.78 is 4.76. The highest BCUT2D eigenvalue weighted by Gasteiger charge is 2.30. The quantitative estimate of drug-likeness (QED) is 0.390. The second-order valence-electron chi connectivity index (χ2n) is 8.48. The zero-order valence-electron chi connectivity index (χ0n) is 18.9. The fourth-order valence-electron chi connectivity index (χ4n) is 4.63. The molecule has 0 aliphatic carbocycles. The molecule has 2 heterocycles. The molecule has 0 radical (unpaired) electrons. The van der Waals surface area contributed by atoms with E-state index < -0.39 is 4.92 Å². The van der Waals surface area contributed by atoms with Crippen LogP contribution in [0, 0.1) is 10.1 Å². The van der Waals surface area contributed by atoms with Crippen molar-refractivity contribution in [2.75, 3.05) is 49.6 Å². The standard InChI is InChI=1S/C24H28N4O5/c1-17-16-26(19-7-5-18(6-8-19)24(30)33-2)13-14-27(17)20-9-10-22(28(31)32)21(15-20)23(29)25-11-3-4-12-25/h5-10,15,17H,3-4,11-14,16H2,1-2H3. The third-order valence-electron chi connectivity index (χ3n) is 6.41. The van der Waals surface area contributed by atoms with E-state index in [9.17, 15) is 19.7 Å². The van der Waals surface area contributed by atoms with E-state index in [2.05, 4.69) is 16.7 Å². The summed E-state index contributed by atoms with van der Waals surface area (Å²) in [6, 6.07) is 12.3. The average molecular weight is 453 g/mol. The Morgan fingerprint density at radius 3 is 2.27 bits per heavy atom. The molecule has 0 bridgehead atoms. The first-order chi connectivity index (χ1) is 15.9. The van der Waals surface area contributed by atoms with Gasteiger partial charge >= 0.3 is 5.97 Å². The number of carbonyl (C=O) groups excluding carboxylic acids is 2. The lowest BCUT2D eigenvalue weighted by molar-refractivity contribution is -0.385. The molecular formula is C24H28N4O5. The fraction of sp³-hybridized carbons (Fsp3) is 0.417. The molecule has 1 atom stereocenters. The van der Waals surface area contributed by atoms with Gasteiger partial charge in [-0.2, -0.15) is 0 Å². The van der Waals surface area contributed by atoms with Gasteiger partial charge in [0, 0.05) is 56.2 Å². The molecule has 33 heavy (non-hydrogen) atoms. The van der Waals surface area contributed by atoms with Crippen molar-refractivity contribution in [1.29, 1.82) is 0 Å². The van der Waals surface area contributed by atoms with Crippen LogP contribution in [0.2, 0.25) is 0 Å². The molecule has 0 N–H and O–H groups in total. The van der Waals surface area contributed by atoms with Crippen LogP contribution in [-0.4, -0.2) is 67.6 Å². The Morgan fingerprint density at radius 1 is 1.00 bits per heavy atom. The minimum atomic E-state index is -0.480. The second-order valence-corrected chi connectivity index (χ2v) is 8.48. The van der Waals surface area contributed by atoms with Gasteiger partial charge in [0.1, 0.15) is 5.56 Å². The molecular weight excluding hydrogens is 424 g/mol. The molecule has 1 unspecified atom stereocenters. The van der Waals surface area contributed by atoms with Gasteiger partial charge < -0.3 is 19.4 Å². The van der Waals surface area contributed by atoms with E-state index in [1.165, 1.54) is 13.2 Å². The molecule has 1 amide bonds. The van der Waals surface area contributed by atoms with Crippen molar-refractivity contribution in [3.63, 3.8) is 0 Å². The molecule has 174 valence electrons. The average Bonchev–Trinajstić information content (AvgIpc) is 3.38. The van der Waals surface area contributed by atoms with Gasteiger partial charge in [0.05, 0.1) is 17.6 Å². The maximum Gasteiger partial charge on any atom is 0.337 e. The zero-order chi connectivity index (χ0) is 23.5. The Labute approximate surface area is 192 Å². The van der Waals surface area contributed by atoms with Gasteiger partial charge in [-0.25, -0.2) is 4.79 Å². The largest absolute Gasteiger partial charge is 0.465 e. The van der Waals surface area contributed by atoms with E-state index in [0.29, 0.717) is 25.2 Å². The lowest BCUT2D eigenvalue weighted by Gasteiger charge is -2.42. The predicted octanol–water partition coefficient (Wildman–Crippen LogP) is 3.33. The van der Waals surface area contributed by atoms with Crippen LogP contribution in [0.15, 0.2) is 42.5 Å². The van der Waals surface area contributed by atoms with Crippen molar-refractivity contribution in [3.8, 4) is 0 Å². The van der Waals surface area contributed by atoms with Gasteiger partial charge in [-0.3, -0.25) is 14.9 Å². The summed E-state index contributed by atoms with van der Waals surface area (Å²) in [5.41, 5.74) is 2.35. The summed E-state index contributed by atoms with van der Waals surface area (Å²) in [5, 5.41) is 11.6. The van der Waals surface area contributed by atoms with Gasteiger partial charge in [-0.15, -0.1) is 0 Å². The van der Waals surface area contributed by atoms with Crippen LogP contribution in [-0.2, 0) is 4.74 Å². The molecule has 4 rings (SSSR count). The highest BCUT2D eigenvalue weighted by Crippen LogP contribution is 2.30. The SMILES string of the molecule is COC(=O)c1ccc(N2CCN(c3ccc([N+](=O)[O-])c(C(=O)N4CCCC4)c3)C(C)C2)cc1. The van der Waals surface area contributed by atoms with Crippen molar-refractivity contribution in [2.45, 2.75) is 25.8 Å². The molecule has 2 aliphatic heterocycles. The number of carbonyl (C=O) groups is 2. The monoisotopic (exact) mass is 452 g/mol. The molecule has 2 fully saturated rings. The number of benzene rings is 2. The van der Waals surface area contributed by atoms with Crippen molar-refractivity contribution in [1.82, 2.24) is 4.90 Å². The molecule has 0 aromatic heterocycles. The number of hydrogen-bond donors (Lipinski definition) is 0. The molecule has 9 nitrogen and oxygen atoms in total. The number of esters is 1. The highest BCUT2D eigenvalue weighted by molar-refractivity contribution is 5.99. The maximum absolute atomic E-state index is 13.0. The molecule has 0 spiro atoms. The van der Waals surface area contributed by atoms with Crippen LogP contribution in [0.1, 0.15) is 40.5 Å². The number of piperazine rings is 1. The first kappa shape index (κ1) is 22.6. The topological polar surface area (TPSA) is 96.2 Å². The minimum Gasteiger partial charge on any atom is -0.465 e. The number of hydrogen-bond acceptors (Lipinski definition) is 7. The number of methoxy groups -OCH3 is 1. The van der Waals surface area contributed by atoms with Crippen molar-refractivity contribution >= 4 is 28.9 Å². The lowest BCUT2D eigenvalue weighted by Crippen LogP contribution is -2.52. The number of nitro benzene ring substituents is 1. The normalized spacial score (nSPS) is 18.4. The predicted molar refractivity (Wildman–Crippen MR) is 125 cm³/mol. The Hall–Kier alpha value is -3.62. The summed E-state index contributed by atoms with van der Waals surface area (Å²) in [6.07, 6.45) is 1.86. The molecule has 2 aromatic rings. The van der Waals surface area contributed by atoms with E-state index in [1.807, 2.05) is 12.1 Å². The third kappa shape index (κ3) is 4.62. The van der Waals surface area contributed by atoms with Crippen LogP contribution < -0.4 is 9.80 Å². The summed E-state index contributed by atoms with van der Waals surface area (Å²) in [5.74, 6) is -0.629.